The monoisotopic (exact) mass is 306 g/mol. The van der Waals surface area contributed by atoms with E-state index in [1.165, 1.54) is 17.6 Å². The summed E-state index contributed by atoms with van der Waals surface area (Å²) in [5.41, 5.74) is 3.52. The quantitative estimate of drug-likeness (QED) is 0.674. The molecular formula is C20H34O2. The zero-order valence-electron chi connectivity index (χ0n) is 15.2. The van der Waals surface area contributed by atoms with Gasteiger partial charge in [-0.3, -0.25) is 0 Å². The van der Waals surface area contributed by atoms with E-state index < -0.39 is 0 Å². The van der Waals surface area contributed by atoms with E-state index in [9.17, 15) is 5.11 Å². The number of rotatable bonds is 6. The van der Waals surface area contributed by atoms with Gasteiger partial charge in [0.05, 0.1) is 0 Å². The highest BCUT2D eigenvalue weighted by Gasteiger charge is 2.01. The molecule has 0 aliphatic rings. The van der Waals surface area contributed by atoms with Crippen molar-refractivity contribution in [1.82, 2.24) is 0 Å². The van der Waals surface area contributed by atoms with Gasteiger partial charge in [0.2, 0.25) is 0 Å². The van der Waals surface area contributed by atoms with Gasteiger partial charge in [0.25, 0.3) is 0 Å². The van der Waals surface area contributed by atoms with Crippen LogP contribution in [0.1, 0.15) is 70.9 Å². The highest BCUT2D eigenvalue weighted by atomic mass is 16.3. The number of aliphatic hydroxyl groups is 1. The lowest BCUT2D eigenvalue weighted by atomic mass is 10.0. The molecule has 1 atom stereocenters. The molecule has 1 unspecified atom stereocenters. The molecule has 2 heteroatoms. The van der Waals surface area contributed by atoms with Crippen LogP contribution in [-0.4, -0.2) is 16.8 Å². The predicted octanol–water partition coefficient (Wildman–Crippen LogP) is 5.58. The van der Waals surface area contributed by atoms with Gasteiger partial charge in [0.1, 0.15) is 5.75 Å². The molecule has 1 rings (SSSR count). The van der Waals surface area contributed by atoms with Crippen molar-refractivity contribution in [3.63, 3.8) is 0 Å². The lowest BCUT2D eigenvalue weighted by Crippen LogP contribution is -1.96. The molecule has 1 aromatic carbocycles. The van der Waals surface area contributed by atoms with Crippen molar-refractivity contribution < 1.29 is 10.2 Å². The van der Waals surface area contributed by atoms with Crippen LogP contribution in [0.4, 0.5) is 0 Å². The molecule has 0 aliphatic carbocycles. The topological polar surface area (TPSA) is 40.5 Å². The fraction of sp³-hybridized carbons (Fsp3) is 0.600. The third kappa shape index (κ3) is 9.62. The van der Waals surface area contributed by atoms with E-state index in [0.29, 0.717) is 24.2 Å². The largest absolute Gasteiger partial charge is 0.508 e. The van der Waals surface area contributed by atoms with Crippen molar-refractivity contribution in [2.45, 2.75) is 66.7 Å². The number of benzene rings is 1. The van der Waals surface area contributed by atoms with Crippen molar-refractivity contribution in [2.24, 2.45) is 5.92 Å². The number of aliphatic hydroxyl groups excluding tert-OH is 1. The lowest BCUT2D eigenvalue weighted by molar-refractivity contribution is 0.259. The maximum absolute atomic E-state index is 9.35. The van der Waals surface area contributed by atoms with E-state index in [1.807, 2.05) is 19.1 Å². The summed E-state index contributed by atoms with van der Waals surface area (Å²) in [5.74, 6) is 1.55. The second-order valence-electron chi connectivity index (χ2n) is 6.68. The Kier molecular flexibility index (Phi) is 10.7. The summed E-state index contributed by atoms with van der Waals surface area (Å²) in [6.45, 7) is 12.9. The maximum atomic E-state index is 9.35. The van der Waals surface area contributed by atoms with E-state index >= 15 is 0 Å². The van der Waals surface area contributed by atoms with Crippen LogP contribution in [0, 0.1) is 12.8 Å². The van der Waals surface area contributed by atoms with E-state index in [0.717, 1.165) is 18.4 Å². The molecule has 126 valence electrons. The van der Waals surface area contributed by atoms with Crippen LogP contribution in [0.15, 0.2) is 29.8 Å². The zero-order valence-corrected chi connectivity index (χ0v) is 15.2. The van der Waals surface area contributed by atoms with Crippen molar-refractivity contribution >= 4 is 0 Å². The summed E-state index contributed by atoms with van der Waals surface area (Å²) in [5, 5.41) is 18.0. The summed E-state index contributed by atoms with van der Waals surface area (Å²) < 4.78 is 0. The Morgan fingerprint density at radius 2 is 1.77 bits per heavy atom. The van der Waals surface area contributed by atoms with E-state index in [4.69, 9.17) is 5.11 Å². The van der Waals surface area contributed by atoms with Crippen LogP contribution in [0.3, 0.4) is 0 Å². The molecule has 0 spiro atoms. The van der Waals surface area contributed by atoms with Crippen LogP contribution >= 0.6 is 0 Å². The second-order valence-corrected chi connectivity index (χ2v) is 6.68. The van der Waals surface area contributed by atoms with Crippen LogP contribution < -0.4 is 0 Å². The Hall–Kier alpha value is -1.28. The van der Waals surface area contributed by atoms with Crippen molar-refractivity contribution in [1.29, 1.82) is 0 Å². The molecule has 2 N–H and O–H groups in total. The Balaban J connectivity index is 0.000000401. The molecule has 0 saturated carbocycles. The maximum Gasteiger partial charge on any atom is 0.118 e. The minimum atomic E-state index is 0.329. The van der Waals surface area contributed by atoms with Gasteiger partial charge in [-0.25, -0.2) is 0 Å². The molecule has 1 aromatic rings. The van der Waals surface area contributed by atoms with Gasteiger partial charge >= 0.3 is 0 Å². The van der Waals surface area contributed by atoms with Gasteiger partial charge < -0.3 is 10.2 Å². The lowest BCUT2D eigenvalue weighted by Gasteiger charge is -2.06. The number of hydrogen-bond acceptors (Lipinski definition) is 2. The average Bonchev–Trinajstić information content (AvgIpc) is 2.42. The number of aromatic hydroxyl groups is 1. The summed E-state index contributed by atoms with van der Waals surface area (Å²) in [7, 11) is 0. The van der Waals surface area contributed by atoms with Gasteiger partial charge in [-0.1, -0.05) is 44.6 Å². The fourth-order valence-electron chi connectivity index (χ4n) is 2.01. The summed E-state index contributed by atoms with van der Waals surface area (Å²) in [4.78, 5) is 0. The third-order valence-electron chi connectivity index (χ3n) is 3.73. The predicted molar refractivity (Wildman–Crippen MR) is 96.5 cm³/mol. The normalized spacial score (nSPS) is 11.6. The summed E-state index contributed by atoms with van der Waals surface area (Å²) >= 11 is 0. The van der Waals surface area contributed by atoms with Crippen LogP contribution in [-0.2, 0) is 0 Å². The minimum absolute atomic E-state index is 0.329. The highest BCUT2D eigenvalue weighted by Crippen LogP contribution is 2.22. The summed E-state index contributed by atoms with van der Waals surface area (Å²) in [6, 6.07) is 5.84. The smallest absolute Gasteiger partial charge is 0.118 e. The van der Waals surface area contributed by atoms with E-state index in [-0.39, 0.29) is 0 Å². The van der Waals surface area contributed by atoms with Gasteiger partial charge in [-0.05, 0) is 69.1 Å². The molecular weight excluding hydrogens is 272 g/mol. The first-order chi connectivity index (χ1) is 10.3. The molecule has 2 nitrogen and oxygen atoms in total. The summed E-state index contributed by atoms with van der Waals surface area (Å²) in [6.07, 6.45) is 5.56. The molecule has 22 heavy (non-hydrogen) atoms. The van der Waals surface area contributed by atoms with Crippen molar-refractivity contribution in [3.8, 4) is 5.75 Å². The number of hydrogen-bond donors (Lipinski definition) is 2. The standard InChI is InChI=1S/C10H14O.C10H20O/c1-7(2)9-5-4-8(3)10(11)6-9;1-9(2)5-4-6-10(3)7-8-11/h4-7,11H,1-3H3;5,10-11H,4,6-8H2,1-3H3. The first-order valence-electron chi connectivity index (χ1n) is 8.31. The Labute approximate surface area is 136 Å². The first-order valence-corrected chi connectivity index (χ1v) is 8.31. The van der Waals surface area contributed by atoms with Gasteiger partial charge in [-0.15, -0.1) is 0 Å². The fourth-order valence-corrected chi connectivity index (χ4v) is 2.01. The second kappa shape index (κ2) is 11.3. The highest BCUT2D eigenvalue weighted by molar-refractivity contribution is 5.36. The number of phenols is 1. The molecule has 0 aromatic heterocycles. The minimum Gasteiger partial charge on any atom is -0.508 e. The number of phenolic OH excluding ortho intramolecular Hbond substituents is 1. The van der Waals surface area contributed by atoms with Crippen LogP contribution in [0.25, 0.3) is 0 Å². The molecule has 0 heterocycles. The molecule has 0 amide bonds. The van der Waals surface area contributed by atoms with E-state index in [1.54, 1.807) is 0 Å². The molecule has 0 aliphatic heterocycles. The SMILES string of the molecule is CC(C)=CCCC(C)CCO.Cc1ccc(C(C)C)cc1O. The third-order valence-corrected chi connectivity index (χ3v) is 3.73. The average molecular weight is 306 g/mol. The Bertz CT molecular complexity index is 443. The Morgan fingerprint density at radius 1 is 1.14 bits per heavy atom. The molecule has 0 saturated heterocycles. The Morgan fingerprint density at radius 3 is 2.23 bits per heavy atom. The van der Waals surface area contributed by atoms with E-state index in [2.05, 4.69) is 46.8 Å². The number of allylic oxidation sites excluding steroid dienone is 2. The number of aryl methyl sites for hydroxylation is 1. The zero-order chi connectivity index (χ0) is 17.1. The van der Waals surface area contributed by atoms with Crippen LogP contribution in [0.2, 0.25) is 0 Å². The van der Waals surface area contributed by atoms with Gasteiger partial charge in [0, 0.05) is 6.61 Å². The van der Waals surface area contributed by atoms with Gasteiger partial charge in [-0.2, -0.15) is 0 Å². The molecule has 0 radical (unpaired) electrons. The van der Waals surface area contributed by atoms with Crippen molar-refractivity contribution in [2.75, 3.05) is 6.61 Å². The first kappa shape index (κ1) is 20.7. The van der Waals surface area contributed by atoms with Gasteiger partial charge in [0.15, 0.2) is 0 Å². The molecule has 0 fully saturated rings. The van der Waals surface area contributed by atoms with Crippen molar-refractivity contribution in [3.05, 3.63) is 41.0 Å². The molecule has 0 bridgehead atoms. The van der Waals surface area contributed by atoms with Crippen LogP contribution in [0.5, 0.6) is 5.75 Å².